The van der Waals surface area contributed by atoms with Crippen molar-refractivity contribution in [2.45, 2.75) is 50.7 Å². The van der Waals surface area contributed by atoms with Crippen molar-refractivity contribution in [1.29, 1.82) is 0 Å². The van der Waals surface area contributed by atoms with E-state index < -0.39 is 0 Å². The minimum Gasteiger partial charge on any atom is -0.375 e. The first-order valence-corrected chi connectivity index (χ1v) is 7.91. The Balaban J connectivity index is 1.76. The van der Waals surface area contributed by atoms with Crippen molar-refractivity contribution in [1.82, 2.24) is 10.6 Å². The topological polar surface area (TPSA) is 50.4 Å². The van der Waals surface area contributed by atoms with E-state index in [1.807, 2.05) is 30.3 Å². The molecule has 1 unspecified atom stereocenters. The van der Waals surface area contributed by atoms with Crippen molar-refractivity contribution in [3.05, 3.63) is 35.9 Å². The van der Waals surface area contributed by atoms with Gasteiger partial charge in [0.2, 0.25) is 0 Å². The van der Waals surface area contributed by atoms with Gasteiger partial charge in [-0.2, -0.15) is 0 Å². The number of ether oxygens (including phenoxy) is 1. The fourth-order valence-electron chi connectivity index (χ4n) is 2.85. The van der Waals surface area contributed by atoms with Crippen LogP contribution >= 0.6 is 0 Å². The van der Waals surface area contributed by atoms with E-state index in [2.05, 4.69) is 10.6 Å². The van der Waals surface area contributed by atoms with Crippen molar-refractivity contribution in [3.8, 4) is 0 Å². The first kappa shape index (κ1) is 15.8. The number of hydrogen-bond donors (Lipinski definition) is 2. The van der Waals surface area contributed by atoms with Gasteiger partial charge in [-0.25, -0.2) is 4.79 Å². The molecule has 21 heavy (non-hydrogen) atoms. The number of hydrogen-bond acceptors (Lipinski definition) is 2. The highest BCUT2D eigenvalue weighted by Crippen LogP contribution is 2.17. The van der Waals surface area contributed by atoms with Crippen LogP contribution in [0.5, 0.6) is 0 Å². The van der Waals surface area contributed by atoms with Crippen LogP contribution in [0.25, 0.3) is 0 Å². The lowest BCUT2D eigenvalue weighted by Gasteiger charge is -2.20. The van der Waals surface area contributed by atoms with E-state index in [-0.39, 0.29) is 12.1 Å². The summed E-state index contributed by atoms with van der Waals surface area (Å²) in [7, 11) is 1.67. The molecule has 0 spiro atoms. The summed E-state index contributed by atoms with van der Waals surface area (Å²) in [6.45, 7) is 0.485. The molecule has 1 saturated carbocycles. The normalized spacial score (nSPS) is 17.8. The molecule has 0 radical (unpaired) electrons. The molecule has 1 fully saturated rings. The van der Waals surface area contributed by atoms with Crippen LogP contribution in [0.1, 0.15) is 50.2 Å². The first-order chi connectivity index (χ1) is 10.3. The number of carbonyl (C=O) groups excluding carboxylic acids is 1. The first-order valence-electron chi connectivity index (χ1n) is 7.91. The lowest BCUT2D eigenvalue weighted by atomic mass is 10.1. The minimum atomic E-state index is -0.105. The third-order valence-electron chi connectivity index (χ3n) is 4.09. The second-order valence-electron chi connectivity index (χ2n) is 5.68. The Morgan fingerprint density at radius 3 is 2.48 bits per heavy atom. The second kappa shape index (κ2) is 8.67. The molecule has 1 atom stereocenters. The fourth-order valence-corrected chi connectivity index (χ4v) is 2.85. The lowest BCUT2D eigenvalue weighted by molar-refractivity contribution is 0.104. The maximum atomic E-state index is 12.0. The Bertz CT molecular complexity index is 414. The number of amides is 2. The van der Waals surface area contributed by atoms with Crippen LogP contribution in [0.2, 0.25) is 0 Å². The third kappa shape index (κ3) is 5.38. The molecule has 0 saturated heterocycles. The van der Waals surface area contributed by atoms with Gasteiger partial charge in [0, 0.05) is 19.7 Å². The molecule has 1 aliphatic rings. The average Bonchev–Trinajstić information content (AvgIpc) is 2.77. The zero-order valence-corrected chi connectivity index (χ0v) is 12.8. The monoisotopic (exact) mass is 290 g/mol. The van der Waals surface area contributed by atoms with Crippen LogP contribution in [0.15, 0.2) is 30.3 Å². The van der Waals surface area contributed by atoms with Crippen molar-refractivity contribution < 1.29 is 9.53 Å². The number of nitrogens with one attached hydrogen (secondary N) is 2. The summed E-state index contributed by atoms with van der Waals surface area (Å²) in [5.41, 5.74) is 1.08. The largest absolute Gasteiger partial charge is 0.375 e. The summed E-state index contributed by atoms with van der Waals surface area (Å²) in [6.07, 6.45) is 7.11. The van der Waals surface area contributed by atoms with Gasteiger partial charge in [0.1, 0.15) is 0 Å². The summed E-state index contributed by atoms with van der Waals surface area (Å²) in [6, 6.07) is 10.2. The molecular weight excluding hydrogens is 264 g/mol. The van der Waals surface area contributed by atoms with Crippen LogP contribution in [-0.4, -0.2) is 25.7 Å². The Morgan fingerprint density at radius 1 is 1.19 bits per heavy atom. The van der Waals surface area contributed by atoms with Gasteiger partial charge >= 0.3 is 6.03 Å². The zero-order valence-electron chi connectivity index (χ0n) is 12.8. The molecule has 0 heterocycles. The molecule has 0 bridgehead atoms. The smallest absolute Gasteiger partial charge is 0.315 e. The fraction of sp³-hybridized carbons (Fsp3) is 0.588. The van der Waals surface area contributed by atoms with E-state index in [4.69, 9.17) is 4.74 Å². The Morgan fingerprint density at radius 2 is 1.86 bits per heavy atom. The van der Waals surface area contributed by atoms with E-state index in [0.717, 1.165) is 18.4 Å². The molecule has 2 amide bonds. The molecule has 116 valence electrons. The van der Waals surface area contributed by atoms with Crippen molar-refractivity contribution in [2.24, 2.45) is 0 Å². The van der Waals surface area contributed by atoms with Crippen molar-refractivity contribution >= 4 is 6.03 Å². The number of urea groups is 1. The van der Waals surface area contributed by atoms with Crippen molar-refractivity contribution in [3.63, 3.8) is 0 Å². The van der Waals surface area contributed by atoms with E-state index in [1.54, 1.807) is 7.11 Å². The van der Waals surface area contributed by atoms with Gasteiger partial charge in [-0.05, 0) is 18.4 Å². The Hall–Kier alpha value is -1.55. The summed E-state index contributed by atoms with van der Waals surface area (Å²) in [4.78, 5) is 12.0. The lowest BCUT2D eigenvalue weighted by Crippen LogP contribution is -2.43. The van der Waals surface area contributed by atoms with Gasteiger partial charge in [-0.1, -0.05) is 56.0 Å². The van der Waals surface area contributed by atoms with Gasteiger partial charge in [0.05, 0.1) is 6.10 Å². The summed E-state index contributed by atoms with van der Waals surface area (Å²) >= 11 is 0. The maximum absolute atomic E-state index is 12.0. The average molecular weight is 290 g/mol. The number of rotatable bonds is 5. The van der Waals surface area contributed by atoms with Crippen LogP contribution in [0, 0.1) is 0 Å². The molecule has 4 heteroatoms. The summed E-state index contributed by atoms with van der Waals surface area (Å²) < 4.78 is 5.45. The van der Waals surface area contributed by atoms with E-state index in [0.29, 0.717) is 12.6 Å². The van der Waals surface area contributed by atoms with E-state index in [1.165, 1.54) is 25.7 Å². The number of benzene rings is 1. The van der Waals surface area contributed by atoms with Crippen LogP contribution in [0.3, 0.4) is 0 Å². The zero-order chi connectivity index (χ0) is 14.9. The highest BCUT2D eigenvalue weighted by molar-refractivity contribution is 5.74. The molecule has 1 aromatic carbocycles. The van der Waals surface area contributed by atoms with Crippen molar-refractivity contribution in [2.75, 3.05) is 13.7 Å². The van der Waals surface area contributed by atoms with Gasteiger partial charge < -0.3 is 15.4 Å². The van der Waals surface area contributed by atoms with E-state index >= 15 is 0 Å². The highest BCUT2D eigenvalue weighted by atomic mass is 16.5. The highest BCUT2D eigenvalue weighted by Gasteiger charge is 2.16. The second-order valence-corrected chi connectivity index (χ2v) is 5.68. The Kier molecular flexibility index (Phi) is 6.54. The molecule has 1 aromatic rings. The van der Waals surface area contributed by atoms with Crippen LogP contribution < -0.4 is 10.6 Å². The molecule has 1 aliphatic carbocycles. The standard InChI is InChI=1S/C17H26N2O2/c1-21-16(14-9-5-4-6-10-14)13-18-17(20)19-15-11-7-2-3-8-12-15/h4-6,9-10,15-16H,2-3,7-8,11-13H2,1H3,(H2,18,19,20). The van der Waals surface area contributed by atoms with Gasteiger partial charge in [-0.3, -0.25) is 0 Å². The third-order valence-corrected chi connectivity index (χ3v) is 4.09. The predicted octanol–water partition coefficient (Wildman–Crippen LogP) is 3.40. The molecule has 2 rings (SSSR count). The van der Waals surface area contributed by atoms with Gasteiger partial charge in [0.15, 0.2) is 0 Å². The quantitative estimate of drug-likeness (QED) is 0.817. The molecular formula is C17H26N2O2. The molecule has 0 aliphatic heterocycles. The maximum Gasteiger partial charge on any atom is 0.315 e. The molecule has 0 aromatic heterocycles. The predicted molar refractivity (Wildman–Crippen MR) is 84.2 cm³/mol. The van der Waals surface area contributed by atoms with Gasteiger partial charge in [0.25, 0.3) is 0 Å². The number of methoxy groups -OCH3 is 1. The Labute approximate surface area is 127 Å². The number of carbonyl (C=O) groups is 1. The molecule has 4 nitrogen and oxygen atoms in total. The SMILES string of the molecule is COC(CNC(=O)NC1CCCCCC1)c1ccccc1. The minimum absolute atomic E-state index is 0.0834. The summed E-state index contributed by atoms with van der Waals surface area (Å²) in [5.74, 6) is 0. The van der Waals surface area contributed by atoms with E-state index in [9.17, 15) is 4.79 Å². The molecule has 2 N–H and O–H groups in total. The van der Waals surface area contributed by atoms with Crippen LogP contribution in [0.4, 0.5) is 4.79 Å². The summed E-state index contributed by atoms with van der Waals surface area (Å²) in [5, 5.41) is 6.01. The van der Waals surface area contributed by atoms with Crippen LogP contribution in [-0.2, 0) is 4.74 Å². The van der Waals surface area contributed by atoms with Gasteiger partial charge in [-0.15, -0.1) is 0 Å².